The molecule has 0 fully saturated rings. The SMILES string of the molecule is C[C@@H](O)[C@@H](N)c1cc(C(F)(F)F)ccc1F. The Labute approximate surface area is 89.7 Å². The van der Waals surface area contributed by atoms with E-state index in [-0.39, 0.29) is 5.56 Å². The second-order valence-corrected chi connectivity index (χ2v) is 3.50. The van der Waals surface area contributed by atoms with Crippen LogP contribution in [0.25, 0.3) is 0 Å². The molecule has 3 N–H and O–H groups in total. The van der Waals surface area contributed by atoms with E-state index < -0.39 is 29.7 Å². The fraction of sp³-hybridized carbons (Fsp3) is 0.400. The van der Waals surface area contributed by atoms with Gasteiger partial charge < -0.3 is 10.8 Å². The number of aliphatic hydroxyl groups excluding tert-OH is 1. The van der Waals surface area contributed by atoms with Gasteiger partial charge in [-0.2, -0.15) is 13.2 Å². The fourth-order valence-electron chi connectivity index (χ4n) is 1.24. The first-order valence-corrected chi connectivity index (χ1v) is 4.53. The van der Waals surface area contributed by atoms with Crippen molar-refractivity contribution in [3.05, 3.63) is 35.1 Å². The Bertz CT molecular complexity index is 376. The summed E-state index contributed by atoms with van der Waals surface area (Å²) in [5.41, 5.74) is 4.06. The molecule has 0 heterocycles. The van der Waals surface area contributed by atoms with Crippen LogP contribution in [0.3, 0.4) is 0 Å². The summed E-state index contributed by atoms with van der Waals surface area (Å²) in [7, 11) is 0. The van der Waals surface area contributed by atoms with Gasteiger partial charge >= 0.3 is 6.18 Å². The Hall–Kier alpha value is -1.14. The maximum absolute atomic E-state index is 13.2. The molecular weight excluding hydrogens is 226 g/mol. The van der Waals surface area contributed by atoms with E-state index in [2.05, 4.69) is 0 Å². The molecule has 6 heteroatoms. The van der Waals surface area contributed by atoms with Crippen LogP contribution in [0.5, 0.6) is 0 Å². The van der Waals surface area contributed by atoms with Gasteiger partial charge in [0.15, 0.2) is 0 Å². The zero-order chi connectivity index (χ0) is 12.5. The molecule has 0 saturated heterocycles. The molecule has 0 unspecified atom stereocenters. The normalized spacial score (nSPS) is 15.9. The minimum Gasteiger partial charge on any atom is -0.391 e. The molecule has 90 valence electrons. The molecule has 0 aliphatic rings. The first-order chi connectivity index (χ1) is 7.23. The second-order valence-electron chi connectivity index (χ2n) is 3.50. The first kappa shape index (κ1) is 12.9. The lowest BCUT2D eigenvalue weighted by atomic mass is 10.00. The van der Waals surface area contributed by atoms with Crippen LogP contribution >= 0.6 is 0 Å². The molecule has 0 radical (unpaired) electrons. The van der Waals surface area contributed by atoms with Gasteiger partial charge in [-0.15, -0.1) is 0 Å². The quantitative estimate of drug-likeness (QED) is 0.775. The maximum atomic E-state index is 13.2. The maximum Gasteiger partial charge on any atom is 0.416 e. The minimum absolute atomic E-state index is 0.343. The summed E-state index contributed by atoms with van der Waals surface area (Å²) in [6, 6.07) is 0.767. The van der Waals surface area contributed by atoms with Crippen molar-refractivity contribution in [2.45, 2.75) is 25.2 Å². The number of nitrogens with two attached hydrogens (primary N) is 1. The van der Waals surface area contributed by atoms with Crippen LogP contribution in [0.2, 0.25) is 0 Å². The summed E-state index contributed by atoms with van der Waals surface area (Å²) in [5.74, 6) is -0.860. The van der Waals surface area contributed by atoms with Gasteiger partial charge in [-0.25, -0.2) is 4.39 Å². The van der Waals surface area contributed by atoms with Crippen molar-refractivity contribution in [2.24, 2.45) is 5.73 Å². The molecule has 2 nitrogen and oxygen atoms in total. The highest BCUT2D eigenvalue weighted by Crippen LogP contribution is 2.31. The highest BCUT2D eigenvalue weighted by atomic mass is 19.4. The van der Waals surface area contributed by atoms with E-state index in [0.29, 0.717) is 18.2 Å². The lowest BCUT2D eigenvalue weighted by Crippen LogP contribution is -2.24. The molecule has 0 saturated carbocycles. The van der Waals surface area contributed by atoms with Crippen LogP contribution < -0.4 is 5.73 Å². The predicted octanol–water partition coefficient (Wildman–Crippen LogP) is 2.23. The van der Waals surface area contributed by atoms with Gasteiger partial charge in [0.1, 0.15) is 5.82 Å². The smallest absolute Gasteiger partial charge is 0.391 e. The average Bonchev–Trinajstić information content (AvgIpc) is 2.15. The van der Waals surface area contributed by atoms with Crippen molar-refractivity contribution in [3.63, 3.8) is 0 Å². The Balaban J connectivity index is 3.19. The van der Waals surface area contributed by atoms with E-state index in [1.165, 1.54) is 6.92 Å². The van der Waals surface area contributed by atoms with Crippen molar-refractivity contribution in [2.75, 3.05) is 0 Å². The summed E-state index contributed by atoms with van der Waals surface area (Å²) in [5, 5.41) is 9.12. The molecule has 0 amide bonds. The summed E-state index contributed by atoms with van der Waals surface area (Å²) in [6.07, 6.45) is -5.68. The molecule has 0 aliphatic carbocycles. The number of halogens is 4. The van der Waals surface area contributed by atoms with Gasteiger partial charge in [0, 0.05) is 5.56 Å². The molecule has 0 aliphatic heterocycles. The second kappa shape index (κ2) is 4.39. The van der Waals surface area contributed by atoms with Gasteiger partial charge in [0.2, 0.25) is 0 Å². The van der Waals surface area contributed by atoms with Gasteiger partial charge in [0.25, 0.3) is 0 Å². The molecule has 1 rings (SSSR count). The molecule has 0 aromatic heterocycles. The van der Waals surface area contributed by atoms with E-state index in [9.17, 15) is 17.6 Å². The zero-order valence-electron chi connectivity index (χ0n) is 8.42. The largest absolute Gasteiger partial charge is 0.416 e. The third-order valence-electron chi connectivity index (χ3n) is 2.20. The topological polar surface area (TPSA) is 46.2 Å². The predicted molar refractivity (Wildman–Crippen MR) is 50.0 cm³/mol. The van der Waals surface area contributed by atoms with E-state index in [1.807, 2.05) is 0 Å². The number of hydrogen-bond donors (Lipinski definition) is 2. The van der Waals surface area contributed by atoms with Gasteiger partial charge in [0.05, 0.1) is 17.7 Å². The fourth-order valence-corrected chi connectivity index (χ4v) is 1.24. The number of alkyl halides is 3. The third kappa shape index (κ3) is 2.70. The Kier molecular flexibility index (Phi) is 3.54. The van der Waals surface area contributed by atoms with Crippen molar-refractivity contribution in [1.82, 2.24) is 0 Å². The first-order valence-electron chi connectivity index (χ1n) is 4.53. The van der Waals surface area contributed by atoms with Crippen molar-refractivity contribution >= 4 is 0 Å². The Morgan fingerprint density at radius 1 is 1.31 bits per heavy atom. The molecule has 0 bridgehead atoms. The lowest BCUT2D eigenvalue weighted by Gasteiger charge is -2.17. The number of aliphatic hydroxyl groups is 1. The van der Waals surface area contributed by atoms with E-state index in [1.54, 1.807) is 0 Å². The molecule has 16 heavy (non-hydrogen) atoms. The van der Waals surface area contributed by atoms with Gasteiger partial charge in [-0.3, -0.25) is 0 Å². The Morgan fingerprint density at radius 2 is 1.88 bits per heavy atom. The number of hydrogen-bond acceptors (Lipinski definition) is 2. The third-order valence-corrected chi connectivity index (χ3v) is 2.20. The van der Waals surface area contributed by atoms with Crippen molar-refractivity contribution in [1.29, 1.82) is 0 Å². The van der Waals surface area contributed by atoms with Crippen LogP contribution in [-0.4, -0.2) is 11.2 Å². The van der Waals surface area contributed by atoms with Gasteiger partial charge in [-0.1, -0.05) is 0 Å². The minimum atomic E-state index is -4.55. The van der Waals surface area contributed by atoms with Crippen LogP contribution in [0.15, 0.2) is 18.2 Å². The molecule has 2 atom stereocenters. The van der Waals surface area contributed by atoms with Crippen molar-refractivity contribution < 1.29 is 22.7 Å². The molecule has 0 spiro atoms. The van der Waals surface area contributed by atoms with Crippen LogP contribution in [-0.2, 0) is 6.18 Å². The monoisotopic (exact) mass is 237 g/mol. The highest BCUT2D eigenvalue weighted by Gasteiger charge is 2.32. The van der Waals surface area contributed by atoms with E-state index >= 15 is 0 Å². The Morgan fingerprint density at radius 3 is 2.31 bits per heavy atom. The molecule has 1 aromatic carbocycles. The van der Waals surface area contributed by atoms with Crippen LogP contribution in [0.1, 0.15) is 24.1 Å². The van der Waals surface area contributed by atoms with Gasteiger partial charge in [-0.05, 0) is 25.1 Å². The zero-order valence-corrected chi connectivity index (χ0v) is 8.42. The average molecular weight is 237 g/mol. The van der Waals surface area contributed by atoms with Crippen LogP contribution in [0.4, 0.5) is 17.6 Å². The molecular formula is C10H11F4NO. The van der Waals surface area contributed by atoms with Crippen molar-refractivity contribution in [3.8, 4) is 0 Å². The van der Waals surface area contributed by atoms with E-state index in [4.69, 9.17) is 10.8 Å². The number of rotatable bonds is 2. The lowest BCUT2D eigenvalue weighted by molar-refractivity contribution is -0.137. The number of benzene rings is 1. The standard InChI is InChI=1S/C10H11F4NO/c1-5(16)9(15)7-4-6(10(12,13)14)2-3-8(7)11/h2-5,9,16H,15H2,1H3/t5-,9-/m1/s1. The van der Waals surface area contributed by atoms with E-state index in [0.717, 1.165) is 0 Å². The highest BCUT2D eigenvalue weighted by molar-refractivity contribution is 5.29. The molecule has 1 aromatic rings. The summed E-state index contributed by atoms with van der Waals surface area (Å²) >= 11 is 0. The van der Waals surface area contributed by atoms with Crippen LogP contribution in [0, 0.1) is 5.82 Å². The summed E-state index contributed by atoms with van der Waals surface area (Å²) in [4.78, 5) is 0. The summed E-state index contributed by atoms with van der Waals surface area (Å²) in [6.45, 7) is 1.28. The summed E-state index contributed by atoms with van der Waals surface area (Å²) < 4.78 is 50.2.